The lowest BCUT2D eigenvalue weighted by Gasteiger charge is -2.14. The number of imidazole rings is 1. The number of nitrogens with two attached hydrogens (primary N) is 1. The Balaban J connectivity index is 2.41. The van der Waals surface area contributed by atoms with Crippen molar-refractivity contribution in [1.82, 2.24) is 24.9 Å². The van der Waals surface area contributed by atoms with Gasteiger partial charge in [0.2, 0.25) is 5.88 Å². The molecule has 2 rings (SSSR count). The SMILES string of the molecule is COc1nccnc1C(NN)c1cn(C)cn1. The third-order valence-corrected chi connectivity index (χ3v) is 2.35. The first-order valence-electron chi connectivity index (χ1n) is 5.05. The Morgan fingerprint density at radius 2 is 2.12 bits per heavy atom. The first-order chi connectivity index (χ1) is 8.26. The van der Waals surface area contributed by atoms with Gasteiger partial charge in [0.25, 0.3) is 0 Å². The van der Waals surface area contributed by atoms with Crippen LogP contribution < -0.4 is 16.0 Å². The number of rotatable bonds is 4. The van der Waals surface area contributed by atoms with Crippen LogP contribution in [0.4, 0.5) is 0 Å². The lowest BCUT2D eigenvalue weighted by molar-refractivity contribution is 0.382. The first kappa shape index (κ1) is 11.5. The Bertz CT molecular complexity index is 497. The van der Waals surface area contributed by atoms with Crippen LogP contribution in [0.3, 0.4) is 0 Å². The first-order valence-corrected chi connectivity index (χ1v) is 5.05. The van der Waals surface area contributed by atoms with Gasteiger partial charge in [-0.05, 0) is 0 Å². The molecule has 0 aliphatic rings. The highest BCUT2D eigenvalue weighted by atomic mass is 16.5. The minimum Gasteiger partial charge on any atom is -0.480 e. The van der Waals surface area contributed by atoms with E-state index in [2.05, 4.69) is 20.4 Å². The van der Waals surface area contributed by atoms with E-state index in [0.717, 1.165) is 5.69 Å². The molecule has 7 heteroatoms. The van der Waals surface area contributed by atoms with Crippen molar-refractivity contribution in [1.29, 1.82) is 0 Å². The van der Waals surface area contributed by atoms with Crippen LogP contribution in [0.25, 0.3) is 0 Å². The number of aromatic nitrogens is 4. The smallest absolute Gasteiger partial charge is 0.237 e. The second kappa shape index (κ2) is 4.89. The number of nitrogens with one attached hydrogen (secondary N) is 1. The molecule has 0 saturated heterocycles. The van der Waals surface area contributed by atoms with Gasteiger partial charge in [-0.2, -0.15) is 0 Å². The fourth-order valence-electron chi connectivity index (χ4n) is 1.58. The van der Waals surface area contributed by atoms with Gasteiger partial charge in [-0.25, -0.2) is 15.4 Å². The molecule has 17 heavy (non-hydrogen) atoms. The van der Waals surface area contributed by atoms with Crippen LogP contribution in [0.15, 0.2) is 24.9 Å². The number of methoxy groups -OCH3 is 1. The standard InChI is InChI=1S/C10H14N6O/c1-16-5-7(14-6-16)8(15-11)9-10(17-2)13-4-3-12-9/h3-6,8,15H,11H2,1-2H3. The van der Waals surface area contributed by atoms with E-state index in [1.54, 1.807) is 25.8 Å². The molecule has 0 aliphatic heterocycles. The molecule has 0 aromatic carbocycles. The van der Waals surface area contributed by atoms with Crippen LogP contribution in [-0.2, 0) is 7.05 Å². The van der Waals surface area contributed by atoms with E-state index in [4.69, 9.17) is 10.6 Å². The highest BCUT2D eigenvalue weighted by molar-refractivity contribution is 5.27. The van der Waals surface area contributed by atoms with E-state index in [1.165, 1.54) is 0 Å². The quantitative estimate of drug-likeness (QED) is 0.561. The van der Waals surface area contributed by atoms with E-state index in [1.807, 2.05) is 17.8 Å². The Kier molecular flexibility index (Phi) is 3.31. The molecular weight excluding hydrogens is 220 g/mol. The summed E-state index contributed by atoms with van der Waals surface area (Å²) < 4.78 is 6.99. The third kappa shape index (κ3) is 2.24. The minimum atomic E-state index is -0.347. The summed E-state index contributed by atoms with van der Waals surface area (Å²) in [5.74, 6) is 5.98. The fraction of sp³-hybridized carbons (Fsp3) is 0.300. The van der Waals surface area contributed by atoms with E-state index in [9.17, 15) is 0 Å². The molecule has 0 spiro atoms. The third-order valence-electron chi connectivity index (χ3n) is 2.35. The zero-order valence-corrected chi connectivity index (χ0v) is 9.66. The number of hydrazine groups is 1. The zero-order valence-electron chi connectivity index (χ0n) is 9.66. The van der Waals surface area contributed by atoms with Gasteiger partial charge in [-0.3, -0.25) is 10.8 Å². The molecule has 1 atom stereocenters. The highest BCUT2D eigenvalue weighted by Gasteiger charge is 2.21. The summed E-state index contributed by atoms with van der Waals surface area (Å²) in [4.78, 5) is 12.5. The van der Waals surface area contributed by atoms with Crippen LogP contribution in [0.2, 0.25) is 0 Å². The molecule has 0 fully saturated rings. The molecule has 2 heterocycles. The average Bonchev–Trinajstić information content (AvgIpc) is 2.77. The van der Waals surface area contributed by atoms with Gasteiger partial charge in [-0.15, -0.1) is 0 Å². The lowest BCUT2D eigenvalue weighted by atomic mass is 10.1. The van der Waals surface area contributed by atoms with Crippen LogP contribution in [0.5, 0.6) is 5.88 Å². The molecule has 0 radical (unpaired) electrons. The van der Waals surface area contributed by atoms with Crippen molar-refractivity contribution in [3.05, 3.63) is 36.3 Å². The summed E-state index contributed by atoms with van der Waals surface area (Å²) in [6.07, 6.45) is 6.71. The molecule has 7 nitrogen and oxygen atoms in total. The van der Waals surface area contributed by atoms with Gasteiger partial charge in [0.05, 0.1) is 19.1 Å². The minimum absolute atomic E-state index is 0.347. The predicted molar refractivity (Wildman–Crippen MR) is 61.0 cm³/mol. The molecule has 2 aromatic heterocycles. The number of nitrogens with zero attached hydrogens (tertiary/aromatic N) is 4. The molecule has 0 aliphatic carbocycles. The second-order valence-electron chi connectivity index (χ2n) is 3.51. The molecule has 0 bridgehead atoms. The van der Waals surface area contributed by atoms with E-state index in [-0.39, 0.29) is 6.04 Å². The maximum absolute atomic E-state index is 5.55. The molecule has 1 unspecified atom stereocenters. The van der Waals surface area contributed by atoms with Crippen molar-refractivity contribution in [2.45, 2.75) is 6.04 Å². The highest BCUT2D eigenvalue weighted by Crippen LogP contribution is 2.23. The van der Waals surface area contributed by atoms with Crippen molar-refractivity contribution in [2.75, 3.05) is 7.11 Å². The molecule has 3 N–H and O–H groups in total. The summed E-state index contributed by atoms with van der Waals surface area (Å²) in [6.45, 7) is 0. The Morgan fingerprint density at radius 1 is 1.35 bits per heavy atom. The Hall–Kier alpha value is -1.99. The topological polar surface area (TPSA) is 90.9 Å². The van der Waals surface area contributed by atoms with Crippen LogP contribution >= 0.6 is 0 Å². The monoisotopic (exact) mass is 234 g/mol. The van der Waals surface area contributed by atoms with Gasteiger partial charge in [0, 0.05) is 25.6 Å². The Labute approximate surface area is 98.6 Å². The van der Waals surface area contributed by atoms with Gasteiger partial charge in [-0.1, -0.05) is 0 Å². The maximum atomic E-state index is 5.55. The average molecular weight is 234 g/mol. The largest absolute Gasteiger partial charge is 0.480 e. The lowest BCUT2D eigenvalue weighted by Crippen LogP contribution is -2.30. The molecule has 2 aromatic rings. The fourth-order valence-corrected chi connectivity index (χ4v) is 1.58. The molecular formula is C10H14N6O. The van der Waals surface area contributed by atoms with Gasteiger partial charge in [0.1, 0.15) is 11.7 Å². The zero-order chi connectivity index (χ0) is 12.3. The van der Waals surface area contributed by atoms with E-state index in [0.29, 0.717) is 11.6 Å². The Morgan fingerprint density at radius 3 is 2.71 bits per heavy atom. The predicted octanol–water partition coefficient (Wildman–Crippen LogP) is -0.229. The summed E-state index contributed by atoms with van der Waals surface area (Å²) in [5.41, 5.74) is 4.03. The second-order valence-corrected chi connectivity index (χ2v) is 3.51. The molecule has 90 valence electrons. The normalized spacial score (nSPS) is 12.4. The van der Waals surface area contributed by atoms with Crippen molar-refractivity contribution in [3.63, 3.8) is 0 Å². The van der Waals surface area contributed by atoms with Gasteiger partial charge < -0.3 is 9.30 Å². The van der Waals surface area contributed by atoms with Crippen LogP contribution in [0, 0.1) is 0 Å². The number of hydrogen-bond donors (Lipinski definition) is 2. The number of ether oxygens (including phenoxy) is 1. The van der Waals surface area contributed by atoms with E-state index >= 15 is 0 Å². The maximum Gasteiger partial charge on any atom is 0.237 e. The molecule has 0 amide bonds. The van der Waals surface area contributed by atoms with Crippen molar-refractivity contribution >= 4 is 0 Å². The summed E-state index contributed by atoms with van der Waals surface area (Å²) >= 11 is 0. The van der Waals surface area contributed by atoms with Crippen LogP contribution in [-0.4, -0.2) is 26.6 Å². The summed E-state index contributed by atoms with van der Waals surface area (Å²) in [6, 6.07) is -0.347. The van der Waals surface area contributed by atoms with Crippen molar-refractivity contribution in [2.24, 2.45) is 12.9 Å². The number of hydrogen-bond acceptors (Lipinski definition) is 6. The van der Waals surface area contributed by atoms with Gasteiger partial charge in [0.15, 0.2) is 0 Å². The van der Waals surface area contributed by atoms with Crippen molar-refractivity contribution in [3.8, 4) is 5.88 Å². The number of aryl methyl sites for hydroxylation is 1. The van der Waals surface area contributed by atoms with E-state index < -0.39 is 0 Å². The van der Waals surface area contributed by atoms with Crippen LogP contribution in [0.1, 0.15) is 17.4 Å². The summed E-state index contributed by atoms with van der Waals surface area (Å²) in [7, 11) is 3.43. The van der Waals surface area contributed by atoms with Crippen molar-refractivity contribution < 1.29 is 4.74 Å². The van der Waals surface area contributed by atoms with Gasteiger partial charge >= 0.3 is 0 Å². The summed E-state index contributed by atoms with van der Waals surface area (Å²) in [5, 5.41) is 0. The molecule has 0 saturated carbocycles.